The molecule has 29 heavy (non-hydrogen) atoms. The number of carbonyl (C=O) groups is 2. The van der Waals surface area contributed by atoms with Gasteiger partial charge in [0.25, 0.3) is 11.8 Å². The summed E-state index contributed by atoms with van der Waals surface area (Å²) in [5.41, 5.74) is 2.66. The Kier molecular flexibility index (Phi) is 5.32. The van der Waals surface area contributed by atoms with E-state index in [-0.39, 0.29) is 16.5 Å². The number of halogens is 2. The van der Waals surface area contributed by atoms with Gasteiger partial charge in [0.15, 0.2) is 0 Å². The highest BCUT2D eigenvalue weighted by Crippen LogP contribution is 2.32. The molecular weight excluding hydrogens is 391 g/mol. The van der Waals surface area contributed by atoms with Gasteiger partial charge in [-0.3, -0.25) is 9.59 Å². The van der Waals surface area contributed by atoms with E-state index in [1.165, 1.54) is 18.2 Å². The molecule has 2 amide bonds. The number of rotatable bonds is 3. The lowest BCUT2D eigenvalue weighted by Gasteiger charge is -2.30. The molecule has 0 saturated heterocycles. The number of fused-ring (bicyclic) bond motifs is 1. The smallest absolute Gasteiger partial charge is 0.260 e. The van der Waals surface area contributed by atoms with Crippen LogP contribution in [-0.2, 0) is 6.42 Å². The van der Waals surface area contributed by atoms with Crippen LogP contribution < -0.4 is 10.2 Å². The molecule has 3 aromatic rings. The molecular formula is C23H18ClFN2O2. The zero-order valence-electron chi connectivity index (χ0n) is 15.5. The highest BCUT2D eigenvalue weighted by Gasteiger charge is 2.24. The van der Waals surface area contributed by atoms with Crippen LogP contribution in [0.15, 0.2) is 66.7 Å². The summed E-state index contributed by atoms with van der Waals surface area (Å²) in [4.78, 5) is 27.2. The largest absolute Gasteiger partial charge is 0.322 e. The van der Waals surface area contributed by atoms with Gasteiger partial charge in [-0.25, -0.2) is 4.39 Å². The van der Waals surface area contributed by atoms with Gasteiger partial charge in [-0.1, -0.05) is 41.9 Å². The molecule has 0 spiro atoms. The van der Waals surface area contributed by atoms with Gasteiger partial charge in [0.2, 0.25) is 0 Å². The van der Waals surface area contributed by atoms with E-state index in [2.05, 4.69) is 5.32 Å². The van der Waals surface area contributed by atoms with Crippen molar-refractivity contribution in [3.05, 3.63) is 94.3 Å². The molecule has 1 aliphatic rings. The molecule has 146 valence electrons. The summed E-state index contributed by atoms with van der Waals surface area (Å²) < 4.78 is 14.0. The third kappa shape index (κ3) is 3.87. The molecule has 4 nitrogen and oxygen atoms in total. The van der Waals surface area contributed by atoms with Crippen LogP contribution >= 0.6 is 11.6 Å². The van der Waals surface area contributed by atoms with Gasteiger partial charge in [-0.05, 0) is 54.8 Å². The van der Waals surface area contributed by atoms with Crippen LogP contribution in [0.25, 0.3) is 0 Å². The first-order valence-corrected chi connectivity index (χ1v) is 9.67. The van der Waals surface area contributed by atoms with Crippen LogP contribution in [0.2, 0.25) is 5.02 Å². The van der Waals surface area contributed by atoms with Crippen molar-refractivity contribution in [3.8, 4) is 0 Å². The second-order valence-corrected chi connectivity index (χ2v) is 7.23. The predicted octanol–water partition coefficient (Wildman–Crippen LogP) is 5.32. The first-order chi connectivity index (χ1) is 14.0. The first-order valence-electron chi connectivity index (χ1n) is 9.30. The third-order valence-electron chi connectivity index (χ3n) is 4.92. The minimum atomic E-state index is -0.686. The minimum Gasteiger partial charge on any atom is -0.322 e. The molecule has 4 rings (SSSR count). The Morgan fingerprint density at radius 3 is 2.55 bits per heavy atom. The van der Waals surface area contributed by atoms with Crippen LogP contribution in [0, 0.1) is 5.82 Å². The summed E-state index contributed by atoms with van der Waals surface area (Å²) in [6.07, 6.45) is 1.71. The maximum Gasteiger partial charge on any atom is 0.260 e. The van der Waals surface area contributed by atoms with Gasteiger partial charge in [0.1, 0.15) is 5.82 Å². The topological polar surface area (TPSA) is 49.4 Å². The van der Waals surface area contributed by atoms with Gasteiger partial charge in [0, 0.05) is 23.5 Å². The first kappa shape index (κ1) is 19.2. The van der Waals surface area contributed by atoms with Crippen molar-refractivity contribution in [1.82, 2.24) is 0 Å². The van der Waals surface area contributed by atoms with Gasteiger partial charge in [0.05, 0.1) is 10.6 Å². The number of anilines is 2. The normalized spacial score (nSPS) is 13.0. The fraction of sp³-hybridized carbons (Fsp3) is 0.130. The summed E-state index contributed by atoms with van der Waals surface area (Å²) >= 11 is 5.98. The van der Waals surface area contributed by atoms with Crippen molar-refractivity contribution < 1.29 is 14.0 Å². The Bertz CT molecular complexity index is 1070. The van der Waals surface area contributed by atoms with Crippen LogP contribution in [0.3, 0.4) is 0 Å². The molecule has 0 fully saturated rings. The highest BCUT2D eigenvalue weighted by molar-refractivity contribution is 6.34. The maximum absolute atomic E-state index is 14.0. The van der Waals surface area contributed by atoms with E-state index in [1.54, 1.807) is 29.2 Å². The van der Waals surface area contributed by atoms with Crippen molar-refractivity contribution in [2.45, 2.75) is 12.8 Å². The van der Waals surface area contributed by atoms with Gasteiger partial charge in [-0.15, -0.1) is 0 Å². The van der Waals surface area contributed by atoms with Crippen molar-refractivity contribution in [3.63, 3.8) is 0 Å². The lowest BCUT2D eigenvalue weighted by Crippen LogP contribution is -2.35. The average molecular weight is 409 g/mol. The second kappa shape index (κ2) is 8.05. The van der Waals surface area contributed by atoms with Gasteiger partial charge < -0.3 is 10.2 Å². The van der Waals surface area contributed by atoms with E-state index in [4.69, 9.17) is 11.6 Å². The molecule has 1 N–H and O–H groups in total. The Morgan fingerprint density at radius 1 is 1.00 bits per heavy atom. The number of amides is 2. The molecule has 0 aromatic heterocycles. The van der Waals surface area contributed by atoms with E-state index in [9.17, 15) is 14.0 Å². The number of aryl methyl sites for hydroxylation is 1. The van der Waals surface area contributed by atoms with Crippen LogP contribution in [-0.4, -0.2) is 18.4 Å². The Morgan fingerprint density at radius 2 is 1.79 bits per heavy atom. The fourth-order valence-electron chi connectivity index (χ4n) is 3.51. The van der Waals surface area contributed by atoms with Crippen LogP contribution in [0.4, 0.5) is 15.8 Å². The summed E-state index contributed by atoms with van der Waals surface area (Å²) in [7, 11) is 0. The standard InChI is InChI=1S/C23H18ClFN2O2/c24-18-9-4-10-19(25)21(18)22(28)26-17-12-11-15-8-5-13-27(20(15)14-17)23(29)16-6-2-1-3-7-16/h1-4,6-7,9-12,14H,5,8,13H2,(H,26,28). The highest BCUT2D eigenvalue weighted by atomic mass is 35.5. The third-order valence-corrected chi connectivity index (χ3v) is 5.23. The molecule has 1 aliphatic heterocycles. The molecule has 1 heterocycles. The SMILES string of the molecule is O=C(Nc1ccc2c(c1)N(C(=O)c1ccccc1)CCC2)c1c(F)cccc1Cl. The predicted molar refractivity (Wildman–Crippen MR) is 112 cm³/mol. The molecule has 0 bridgehead atoms. The molecule has 0 aliphatic carbocycles. The number of nitrogens with zero attached hydrogens (tertiary/aromatic N) is 1. The van der Waals surface area contributed by atoms with Crippen LogP contribution in [0.5, 0.6) is 0 Å². The van der Waals surface area contributed by atoms with E-state index in [0.29, 0.717) is 17.8 Å². The second-order valence-electron chi connectivity index (χ2n) is 6.82. The van der Waals surface area contributed by atoms with Crippen molar-refractivity contribution in [1.29, 1.82) is 0 Å². The zero-order valence-corrected chi connectivity index (χ0v) is 16.2. The van der Waals surface area contributed by atoms with Crippen molar-refractivity contribution >= 4 is 34.8 Å². The van der Waals surface area contributed by atoms with Gasteiger partial charge >= 0.3 is 0 Å². The van der Waals surface area contributed by atoms with E-state index >= 15 is 0 Å². The quantitative estimate of drug-likeness (QED) is 0.637. The fourth-order valence-corrected chi connectivity index (χ4v) is 3.76. The molecule has 0 atom stereocenters. The monoisotopic (exact) mass is 408 g/mol. The Labute approximate surface area is 172 Å². The van der Waals surface area contributed by atoms with E-state index in [0.717, 1.165) is 24.1 Å². The van der Waals surface area contributed by atoms with Crippen molar-refractivity contribution in [2.24, 2.45) is 0 Å². The summed E-state index contributed by atoms with van der Waals surface area (Å²) in [6.45, 7) is 0.595. The Balaban J connectivity index is 1.63. The summed E-state index contributed by atoms with van der Waals surface area (Å²) in [6, 6.07) is 18.6. The number of benzene rings is 3. The molecule has 0 saturated carbocycles. The number of hydrogen-bond acceptors (Lipinski definition) is 2. The molecule has 3 aromatic carbocycles. The lowest BCUT2D eigenvalue weighted by molar-refractivity contribution is 0.0983. The molecule has 6 heteroatoms. The van der Waals surface area contributed by atoms with Crippen LogP contribution in [0.1, 0.15) is 32.7 Å². The average Bonchev–Trinajstić information content (AvgIpc) is 2.73. The molecule has 0 unspecified atom stereocenters. The summed E-state index contributed by atoms with van der Waals surface area (Å²) in [5.74, 6) is -1.41. The van der Waals surface area contributed by atoms with E-state index < -0.39 is 11.7 Å². The number of carbonyl (C=O) groups excluding carboxylic acids is 2. The maximum atomic E-state index is 14.0. The zero-order chi connectivity index (χ0) is 20.4. The number of nitrogens with one attached hydrogen (secondary N) is 1. The van der Waals surface area contributed by atoms with Gasteiger partial charge in [-0.2, -0.15) is 0 Å². The minimum absolute atomic E-state index is 0.0429. The lowest BCUT2D eigenvalue weighted by atomic mass is 10.00. The summed E-state index contributed by atoms with van der Waals surface area (Å²) in [5, 5.41) is 2.73. The Hall–Kier alpha value is -3.18. The van der Waals surface area contributed by atoms with Crippen molar-refractivity contribution in [2.75, 3.05) is 16.8 Å². The number of hydrogen-bond donors (Lipinski definition) is 1. The molecule has 0 radical (unpaired) electrons. The van der Waals surface area contributed by atoms with E-state index in [1.807, 2.05) is 24.3 Å².